The molecule has 1 rings (SSSR count). The van der Waals surface area contributed by atoms with Crippen molar-refractivity contribution in [3.05, 3.63) is 0 Å². The average Bonchev–Trinajstić information content (AvgIpc) is 2.56. The van der Waals surface area contributed by atoms with Gasteiger partial charge in [-0.3, -0.25) is 0 Å². The van der Waals surface area contributed by atoms with Gasteiger partial charge >= 0.3 is 6.09 Å². The van der Waals surface area contributed by atoms with Gasteiger partial charge in [0.1, 0.15) is 0 Å². The monoisotopic (exact) mass is 328 g/mol. The third-order valence-electron chi connectivity index (χ3n) is 5.16. The first-order chi connectivity index (χ1) is 11.1. The molecule has 0 aromatic heterocycles. The smallest absolute Gasteiger partial charge is 0.407 e. The maximum Gasteiger partial charge on any atom is 0.407 e. The van der Waals surface area contributed by atoms with Gasteiger partial charge in [-0.05, 0) is 50.6 Å². The number of hydrogen-bond donors (Lipinski definition) is 3. The number of aliphatic hydroxyl groups is 1. The summed E-state index contributed by atoms with van der Waals surface area (Å²) < 4.78 is 0. The molecule has 0 radical (unpaired) electrons. The summed E-state index contributed by atoms with van der Waals surface area (Å²) in [7, 11) is 1.66. The van der Waals surface area contributed by atoms with Crippen molar-refractivity contribution in [1.82, 2.24) is 10.2 Å². The van der Waals surface area contributed by atoms with Crippen molar-refractivity contribution in [2.45, 2.75) is 64.2 Å². The van der Waals surface area contributed by atoms with E-state index in [2.05, 4.69) is 5.32 Å². The number of nitrogens with one attached hydrogen (secondary N) is 1. The molecule has 0 heterocycles. The SMILES string of the molecule is CN(CC[C@H]1CC[C@H](CCNCCCCCCO)CC1)C(=O)O. The van der Waals surface area contributed by atoms with E-state index in [1.165, 1.54) is 49.8 Å². The van der Waals surface area contributed by atoms with Crippen molar-refractivity contribution in [1.29, 1.82) is 0 Å². The van der Waals surface area contributed by atoms with E-state index < -0.39 is 6.09 Å². The molecule has 1 aliphatic carbocycles. The predicted octanol–water partition coefficient (Wildman–Crippen LogP) is 3.33. The first-order valence-electron chi connectivity index (χ1n) is 9.39. The molecule has 0 aromatic carbocycles. The zero-order valence-electron chi connectivity index (χ0n) is 14.8. The molecule has 23 heavy (non-hydrogen) atoms. The van der Waals surface area contributed by atoms with Crippen LogP contribution in [0.25, 0.3) is 0 Å². The van der Waals surface area contributed by atoms with Crippen LogP contribution >= 0.6 is 0 Å². The number of nitrogens with zero attached hydrogens (tertiary/aromatic N) is 1. The highest BCUT2D eigenvalue weighted by Crippen LogP contribution is 2.32. The Balaban J connectivity index is 1.94. The molecule has 1 saturated carbocycles. The molecule has 1 fully saturated rings. The van der Waals surface area contributed by atoms with Crippen molar-refractivity contribution in [3.8, 4) is 0 Å². The van der Waals surface area contributed by atoms with E-state index in [0.29, 0.717) is 19.1 Å². The van der Waals surface area contributed by atoms with Gasteiger partial charge in [-0.25, -0.2) is 4.79 Å². The molecular formula is C18H36N2O3. The van der Waals surface area contributed by atoms with E-state index in [9.17, 15) is 4.79 Å². The lowest BCUT2D eigenvalue weighted by Crippen LogP contribution is -2.28. The number of rotatable bonds is 12. The third kappa shape index (κ3) is 9.82. The fourth-order valence-corrected chi connectivity index (χ4v) is 3.43. The van der Waals surface area contributed by atoms with Gasteiger partial charge in [0.05, 0.1) is 0 Å². The second kappa shape index (κ2) is 12.6. The van der Waals surface area contributed by atoms with Gasteiger partial charge in [0.15, 0.2) is 0 Å². The lowest BCUT2D eigenvalue weighted by atomic mass is 9.79. The Morgan fingerprint density at radius 3 is 2.22 bits per heavy atom. The average molecular weight is 328 g/mol. The highest BCUT2D eigenvalue weighted by molar-refractivity contribution is 5.64. The molecule has 0 saturated heterocycles. The lowest BCUT2D eigenvalue weighted by Gasteiger charge is -2.29. The van der Waals surface area contributed by atoms with Crippen molar-refractivity contribution < 1.29 is 15.0 Å². The second-order valence-electron chi connectivity index (χ2n) is 7.06. The Kier molecular flexibility index (Phi) is 11.1. The number of carbonyl (C=O) groups is 1. The normalized spacial score (nSPS) is 21.3. The largest absolute Gasteiger partial charge is 0.465 e. The molecule has 5 nitrogen and oxygen atoms in total. The van der Waals surface area contributed by atoms with E-state index in [0.717, 1.165) is 38.3 Å². The maximum atomic E-state index is 10.8. The number of unbranched alkanes of at least 4 members (excludes halogenated alkanes) is 3. The molecule has 0 aliphatic heterocycles. The third-order valence-corrected chi connectivity index (χ3v) is 5.16. The fourth-order valence-electron chi connectivity index (χ4n) is 3.43. The van der Waals surface area contributed by atoms with Crippen LogP contribution < -0.4 is 5.32 Å². The summed E-state index contributed by atoms with van der Waals surface area (Å²) in [5, 5.41) is 21.1. The summed E-state index contributed by atoms with van der Waals surface area (Å²) in [4.78, 5) is 12.2. The summed E-state index contributed by atoms with van der Waals surface area (Å²) in [5.41, 5.74) is 0. The van der Waals surface area contributed by atoms with Crippen molar-refractivity contribution >= 4 is 6.09 Å². The Morgan fingerprint density at radius 2 is 1.61 bits per heavy atom. The molecule has 1 aliphatic rings. The number of amides is 1. The number of carboxylic acid groups (broad SMARTS) is 1. The quantitative estimate of drug-likeness (QED) is 0.481. The van der Waals surface area contributed by atoms with E-state index in [1.54, 1.807) is 7.05 Å². The van der Waals surface area contributed by atoms with Crippen LogP contribution in [0, 0.1) is 11.8 Å². The molecule has 136 valence electrons. The molecule has 1 amide bonds. The minimum atomic E-state index is -0.818. The molecule has 3 N–H and O–H groups in total. The molecule has 0 aromatic rings. The van der Waals surface area contributed by atoms with E-state index in [4.69, 9.17) is 10.2 Å². The van der Waals surface area contributed by atoms with Crippen LogP contribution in [0.15, 0.2) is 0 Å². The van der Waals surface area contributed by atoms with Crippen LogP contribution in [0.3, 0.4) is 0 Å². The molecular weight excluding hydrogens is 292 g/mol. The first kappa shape index (κ1) is 20.2. The Labute approximate surface area is 141 Å². The molecule has 0 unspecified atom stereocenters. The molecule has 0 spiro atoms. The van der Waals surface area contributed by atoms with Crippen LogP contribution in [0.2, 0.25) is 0 Å². The van der Waals surface area contributed by atoms with Crippen molar-refractivity contribution in [2.75, 3.05) is 33.3 Å². The van der Waals surface area contributed by atoms with Crippen LogP contribution in [0.5, 0.6) is 0 Å². The summed E-state index contributed by atoms with van der Waals surface area (Å²) >= 11 is 0. The van der Waals surface area contributed by atoms with E-state index >= 15 is 0 Å². The fraction of sp³-hybridized carbons (Fsp3) is 0.944. The van der Waals surface area contributed by atoms with Crippen LogP contribution in [0.4, 0.5) is 4.79 Å². The maximum absolute atomic E-state index is 10.8. The highest BCUT2D eigenvalue weighted by atomic mass is 16.4. The minimum Gasteiger partial charge on any atom is -0.465 e. The van der Waals surface area contributed by atoms with Crippen molar-refractivity contribution in [2.24, 2.45) is 11.8 Å². The zero-order chi connectivity index (χ0) is 16.9. The standard InChI is InChI=1S/C18H36N2O3/c1-20(18(22)23)14-11-17-8-6-16(7-9-17)10-13-19-12-4-2-3-5-15-21/h16-17,19,21H,2-15H2,1H3,(H,22,23)/t16-,17-. The second-order valence-corrected chi connectivity index (χ2v) is 7.06. The topological polar surface area (TPSA) is 72.8 Å². The lowest BCUT2D eigenvalue weighted by molar-refractivity contribution is 0.149. The Morgan fingerprint density at radius 1 is 1.00 bits per heavy atom. The Bertz CT molecular complexity index is 305. The predicted molar refractivity (Wildman–Crippen MR) is 93.8 cm³/mol. The summed E-state index contributed by atoms with van der Waals surface area (Å²) in [6.07, 6.45) is 11.1. The van der Waals surface area contributed by atoms with Crippen molar-refractivity contribution in [3.63, 3.8) is 0 Å². The van der Waals surface area contributed by atoms with Gasteiger partial charge in [-0.1, -0.05) is 38.5 Å². The summed E-state index contributed by atoms with van der Waals surface area (Å²) in [5.74, 6) is 1.57. The van der Waals surface area contributed by atoms with Crippen LogP contribution in [-0.4, -0.2) is 54.5 Å². The molecule has 0 bridgehead atoms. The summed E-state index contributed by atoms with van der Waals surface area (Å²) in [6.45, 7) is 3.21. The summed E-state index contributed by atoms with van der Waals surface area (Å²) in [6, 6.07) is 0. The number of hydrogen-bond acceptors (Lipinski definition) is 3. The zero-order valence-corrected chi connectivity index (χ0v) is 14.8. The minimum absolute atomic E-state index is 0.322. The van der Waals surface area contributed by atoms with Gasteiger partial charge in [-0.2, -0.15) is 0 Å². The Hall–Kier alpha value is -0.810. The number of aliphatic hydroxyl groups excluding tert-OH is 1. The van der Waals surface area contributed by atoms with Gasteiger partial charge in [0.2, 0.25) is 0 Å². The van der Waals surface area contributed by atoms with Crippen LogP contribution in [-0.2, 0) is 0 Å². The first-order valence-corrected chi connectivity index (χ1v) is 9.39. The van der Waals surface area contributed by atoms with Gasteiger partial charge in [0.25, 0.3) is 0 Å². The van der Waals surface area contributed by atoms with Gasteiger partial charge in [-0.15, -0.1) is 0 Å². The molecule has 0 atom stereocenters. The van der Waals surface area contributed by atoms with E-state index in [1.807, 2.05) is 0 Å². The molecule has 5 heteroatoms. The van der Waals surface area contributed by atoms with Gasteiger partial charge in [0, 0.05) is 20.2 Å². The highest BCUT2D eigenvalue weighted by Gasteiger charge is 2.21. The van der Waals surface area contributed by atoms with E-state index in [-0.39, 0.29) is 0 Å². The van der Waals surface area contributed by atoms with Crippen LogP contribution in [0.1, 0.15) is 64.2 Å². The van der Waals surface area contributed by atoms with Gasteiger partial charge < -0.3 is 20.4 Å².